The predicted octanol–water partition coefficient (Wildman–Crippen LogP) is 2.74. The number of aryl methyl sites for hydroxylation is 1. The molecule has 0 aliphatic rings. The van der Waals surface area contributed by atoms with Gasteiger partial charge >= 0.3 is 0 Å². The van der Waals surface area contributed by atoms with E-state index in [-0.39, 0.29) is 5.95 Å². The molecular weight excluding hydrogens is 302 g/mol. The van der Waals surface area contributed by atoms with E-state index in [2.05, 4.69) is 15.0 Å². The molecule has 6 nitrogen and oxygen atoms in total. The van der Waals surface area contributed by atoms with E-state index in [1.807, 2.05) is 36.9 Å². The average molecular weight is 318 g/mol. The molecule has 7 heteroatoms. The molecule has 0 unspecified atom stereocenters. The van der Waals surface area contributed by atoms with E-state index in [0.717, 1.165) is 28.0 Å². The second-order valence-electron chi connectivity index (χ2n) is 5.08. The van der Waals surface area contributed by atoms with Crippen molar-refractivity contribution in [3.8, 4) is 5.75 Å². The molecule has 3 aromatic heterocycles. The minimum atomic E-state index is 0.161. The third-order valence-electron chi connectivity index (χ3n) is 3.70. The third kappa shape index (κ3) is 2.35. The zero-order valence-electron chi connectivity index (χ0n) is 12.6. The summed E-state index contributed by atoms with van der Waals surface area (Å²) < 4.78 is 7.39. The Bertz CT molecular complexity index is 859. The summed E-state index contributed by atoms with van der Waals surface area (Å²) in [6.45, 7) is 4.55. The Balaban J connectivity index is 2.08. The minimum absolute atomic E-state index is 0.161. The number of nitrogens with zero attached hydrogens (tertiary/aromatic N) is 4. The molecule has 0 amide bonds. The Morgan fingerprint density at radius 3 is 2.82 bits per heavy atom. The van der Waals surface area contributed by atoms with Gasteiger partial charge in [0, 0.05) is 12.4 Å². The molecule has 0 saturated carbocycles. The van der Waals surface area contributed by atoms with Crippen LogP contribution in [0.3, 0.4) is 0 Å². The van der Waals surface area contributed by atoms with Gasteiger partial charge in [-0.25, -0.2) is 4.98 Å². The standard InChI is InChI=1S/C15H16ClN5O/c1-8-10(6-18-9(2)12(8)22-3)7-21-5-4-11-13(16)19-15(17)20-14(11)21/h4-6H,7H2,1-3H3,(H2,17,19,20). The van der Waals surface area contributed by atoms with Crippen molar-refractivity contribution in [3.63, 3.8) is 0 Å². The lowest BCUT2D eigenvalue weighted by Gasteiger charge is -2.13. The van der Waals surface area contributed by atoms with Gasteiger partial charge in [-0.15, -0.1) is 0 Å². The highest BCUT2D eigenvalue weighted by atomic mass is 35.5. The van der Waals surface area contributed by atoms with E-state index in [1.54, 1.807) is 7.11 Å². The molecule has 114 valence electrons. The summed E-state index contributed by atoms with van der Waals surface area (Å²) >= 11 is 6.10. The van der Waals surface area contributed by atoms with Gasteiger partial charge in [-0.2, -0.15) is 4.98 Å². The highest BCUT2D eigenvalue weighted by Gasteiger charge is 2.13. The van der Waals surface area contributed by atoms with Crippen LogP contribution in [-0.4, -0.2) is 26.6 Å². The normalized spacial score (nSPS) is 11.1. The van der Waals surface area contributed by atoms with Crippen LogP contribution in [0, 0.1) is 13.8 Å². The molecule has 0 aliphatic heterocycles. The number of rotatable bonds is 3. The number of hydrogen-bond donors (Lipinski definition) is 1. The Kier molecular flexibility index (Phi) is 3.62. The van der Waals surface area contributed by atoms with Crippen molar-refractivity contribution in [1.29, 1.82) is 0 Å². The summed E-state index contributed by atoms with van der Waals surface area (Å²) in [5, 5.41) is 1.14. The maximum atomic E-state index is 6.10. The first-order chi connectivity index (χ1) is 10.5. The van der Waals surface area contributed by atoms with Crippen molar-refractivity contribution in [2.75, 3.05) is 12.8 Å². The Morgan fingerprint density at radius 1 is 1.32 bits per heavy atom. The molecule has 22 heavy (non-hydrogen) atoms. The molecule has 3 aromatic rings. The molecule has 0 radical (unpaired) electrons. The van der Waals surface area contributed by atoms with Crippen LogP contribution in [0.5, 0.6) is 5.75 Å². The fraction of sp³-hybridized carbons (Fsp3) is 0.267. The van der Waals surface area contributed by atoms with Crippen molar-refractivity contribution in [1.82, 2.24) is 19.5 Å². The second-order valence-corrected chi connectivity index (χ2v) is 5.44. The van der Waals surface area contributed by atoms with E-state index in [1.165, 1.54) is 0 Å². The van der Waals surface area contributed by atoms with Crippen molar-refractivity contribution >= 4 is 28.6 Å². The summed E-state index contributed by atoms with van der Waals surface area (Å²) in [6.07, 6.45) is 3.77. The first-order valence-electron chi connectivity index (χ1n) is 6.78. The minimum Gasteiger partial charge on any atom is -0.495 e. The fourth-order valence-corrected chi connectivity index (χ4v) is 2.80. The van der Waals surface area contributed by atoms with Gasteiger partial charge in [0.25, 0.3) is 0 Å². The van der Waals surface area contributed by atoms with Crippen LogP contribution < -0.4 is 10.5 Å². The highest BCUT2D eigenvalue weighted by molar-refractivity contribution is 6.34. The Labute approximate surface area is 132 Å². The molecule has 0 bridgehead atoms. The zero-order valence-corrected chi connectivity index (χ0v) is 13.3. The van der Waals surface area contributed by atoms with Gasteiger partial charge in [-0.05, 0) is 31.0 Å². The monoisotopic (exact) mass is 317 g/mol. The molecule has 3 rings (SSSR count). The van der Waals surface area contributed by atoms with Gasteiger partial charge in [0.1, 0.15) is 16.5 Å². The van der Waals surface area contributed by atoms with Crippen LogP contribution in [-0.2, 0) is 6.54 Å². The van der Waals surface area contributed by atoms with Crippen LogP contribution in [0.4, 0.5) is 5.95 Å². The lowest BCUT2D eigenvalue weighted by Crippen LogP contribution is -2.06. The van der Waals surface area contributed by atoms with Crippen LogP contribution >= 0.6 is 11.6 Å². The van der Waals surface area contributed by atoms with Gasteiger partial charge < -0.3 is 15.0 Å². The van der Waals surface area contributed by atoms with Crippen molar-refractivity contribution in [2.24, 2.45) is 0 Å². The number of nitrogen functional groups attached to an aromatic ring is 1. The molecule has 3 heterocycles. The number of anilines is 1. The van der Waals surface area contributed by atoms with E-state index < -0.39 is 0 Å². The number of fused-ring (bicyclic) bond motifs is 1. The highest BCUT2D eigenvalue weighted by Crippen LogP contribution is 2.27. The van der Waals surface area contributed by atoms with Crippen molar-refractivity contribution < 1.29 is 4.74 Å². The van der Waals surface area contributed by atoms with Gasteiger partial charge in [-0.1, -0.05) is 11.6 Å². The molecular formula is C15H16ClN5O. The quantitative estimate of drug-likeness (QED) is 0.751. The van der Waals surface area contributed by atoms with Gasteiger partial charge in [-0.3, -0.25) is 4.98 Å². The number of nitrogens with two attached hydrogens (primary N) is 1. The SMILES string of the molecule is COc1c(C)ncc(Cn2ccc3c(Cl)nc(N)nc32)c1C. The summed E-state index contributed by atoms with van der Waals surface area (Å²) in [5.41, 5.74) is 9.37. The van der Waals surface area contributed by atoms with Crippen molar-refractivity contribution in [2.45, 2.75) is 20.4 Å². The Hall–Kier alpha value is -2.34. The molecule has 0 atom stereocenters. The molecule has 0 saturated heterocycles. The largest absolute Gasteiger partial charge is 0.495 e. The fourth-order valence-electron chi connectivity index (χ4n) is 2.56. The third-order valence-corrected chi connectivity index (χ3v) is 3.99. The summed E-state index contributed by atoms with van der Waals surface area (Å²) in [5.74, 6) is 0.968. The van der Waals surface area contributed by atoms with E-state index in [4.69, 9.17) is 22.1 Å². The Morgan fingerprint density at radius 2 is 2.09 bits per heavy atom. The molecule has 0 aliphatic carbocycles. The number of ether oxygens (including phenoxy) is 1. The first-order valence-corrected chi connectivity index (χ1v) is 7.16. The number of hydrogen-bond acceptors (Lipinski definition) is 5. The van der Waals surface area contributed by atoms with Gasteiger partial charge in [0.15, 0.2) is 0 Å². The van der Waals surface area contributed by atoms with Crippen molar-refractivity contribution in [3.05, 3.63) is 40.4 Å². The van der Waals surface area contributed by atoms with Crippen LogP contribution in [0.25, 0.3) is 11.0 Å². The molecule has 0 aromatic carbocycles. The predicted molar refractivity (Wildman–Crippen MR) is 86.3 cm³/mol. The van der Waals surface area contributed by atoms with Crippen LogP contribution in [0.15, 0.2) is 18.5 Å². The number of aromatic nitrogens is 4. The van der Waals surface area contributed by atoms with Crippen LogP contribution in [0.1, 0.15) is 16.8 Å². The zero-order chi connectivity index (χ0) is 15.9. The summed E-state index contributed by atoms with van der Waals surface area (Å²) in [7, 11) is 1.65. The first kappa shape index (κ1) is 14.6. The maximum Gasteiger partial charge on any atom is 0.223 e. The molecule has 0 spiro atoms. The number of halogens is 1. The van der Waals surface area contributed by atoms with Gasteiger partial charge in [0.05, 0.1) is 24.7 Å². The smallest absolute Gasteiger partial charge is 0.223 e. The second kappa shape index (κ2) is 5.46. The molecule has 2 N–H and O–H groups in total. The number of pyridine rings is 1. The maximum absolute atomic E-state index is 6.10. The molecule has 0 fully saturated rings. The topological polar surface area (TPSA) is 78.8 Å². The van der Waals surface area contributed by atoms with E-state index >= 15 is 0 Å². The average Bonchev–Trinajstić information content (AvgIpc) is 2.86. The lowest BCUT2D eigenvalue weighted by atomic mass is 10.1. The van der Waals surface area contributed by atoms with E-state index in [0.29, 0.717) is 17.3 Å². The van der Waals surface area contributed by atoms with Gasteiger partial charge in [0.2, 0.25) is 5.95 Å². The summed E-state index contributed by atoms with van der Waals surface area (Å²) in [6, 6.07) is 1.88. The summed E-state index contributed by atoms with van der Waals surface area (Å²) in [4.78, 5) is 12.6. The number of methoxy groups -OCH3 is 1. The van der Waals surface area contributed by atoms with E-state index in [9.17, 15) is 0 Å². The van der Waals surface area contributed by atoms with Crippen LogP contribution in [0.2, 0.25) is 5.15 Å². The lowest BCUT2D eigenvalue weighted by molar-refractivity contribution is 0.405.